The molecule has 11 nitrogen and oxygen atoms in total. The molecule has 0 radical (unpaired) electrons. The van der Waals surface area contributed by atoms with Crippen molar-refractivity contribution < 1.29 is 20.1 Å². The Bertz CT molecular complexity index is 773. The van der Waals surface area contributed by atoms with Crippen LogP contribution < -0.4 is 16.6 Å². The maximum absolute atomic E-state index is 12.0. The van der Waals surface area contributed by atoms with Crippen molar-refractivity contribution in [2.24, 2.45) is 0 Å². The van der Waals surface area contributed by atoms with Crippen molar-refractivity contribution in [3.8, 4) is 0 Å². The van der Waals surface area contributed by atoms with Crippen LogP contribution in [0.1, 0.15) is 13.2 Å². The van der Waals surface area contributed by atoms with Crippen molar-refractivity contribution in [2.45, 2.75) is 31.5 Å². The van der Waals surface area contributed by atoms with Gasteiger partial charge in [0, 0.05) is 6.54 Å². The second-order valence-electron chi connectivity index (χ2n) is 5.19. The van der Waals surface area contributed by atoms with E-state index in [1.165, 1.54) is 4.57 Å². The molecule has 0 spiro atoms. The number of fused-ring (bicyclic) bond motifs is 1. The third-order valence-electron chi connectivity index (χ3n) is 3.68. The van der Waals surface area contributed by atoms with Crippen molar-refractivity contribution in [3.05, 3.63) is 10.4 Å². The van der Waals surface area contributed by atoms with Crippen molar-refractivity contribution in [3.63, 3.8) is 0 Å². The molecule has 0 aliphatic carbocycles. The number of rotatable bonds is 4. The van der Waals surface area contributed by atoms with E-state index in [-0.39, 0.29) is 23.1 Å². The van der Waals surface area contributed by atoms with Gasteiger partial charge in [-0.3, -0.25) is 14.3 Å². The Labute approximate surface area is 129 Å². The molecule has 1 fully saturated rings. The Balaban J connectivity index is 2.19. The summed E-state index contributed by atoms with van der Waals surface area (Å²) >= 11 is 0. The molecule has 0 amide bonds. The molecule has 11 heteroatoms. The number of ether oxygens (including phenoxy) is 1. The second-order valence-corrected chi connectivity index (χ2v) is 5.19. The van der Waals surface area contributed by atoms with Crippen LogP contribution in [0.2, 0.25) is 0 Å². The van der Waals surface area contributed by atoms with Crippen LogP contribution in [0.4, 0.5) is 11.9 Å². The van der Waals surface area contributed by atoms with E-state index in [1.54, 1.807) is 0 Å². The Morgan fingerprint density at radius 2 is 2.13 bits per heavy atom. The number of aromatic nitrogens is 4. The fourth-order valence-electron chi connectivity index (χ4n) is 2.62. The first-order valence-electron chi connectivity index (χ1n) is 7.12. The lowest BCUT2D eigenvalue weighted by molar-refractivity contribution is -0.0501. The van der Waals surface area contributed by atoms with E-state index in [0.717, 1.165) is 0 Å². The molecule has 3 heterocycles. The number of H-pyrrole nitrogens is 1. The van der Waals surface area contributed by atoms with Crippen LogP contribution in [-0.4, -0.2) is 66.3 Å². The van der Waals surface area contributed by atoms with Gasteiger partial charge in [0.15, 0.2) is 17.4 Å². The second kappa shape index (κ2) is 5.77. The van der Waals surface area contributed by atoms with E-state index in [0.29, 0.717) is 6.54 Å². The summed E-state index contributed by atoms with van der Waals surface area (Å²) in [6, 6.07) is 0. The van der Waals surface area contributed by atoms with E-state index in [1.807, 2.05) is 6.92 Å². The summed E-state index contributed by atoms with van der Waals surface area (Å²) in [4.78, 5) is 22.5. The lowest BCUT2D eigenvalue weighted by Crippen LogP contribution is -2.33. The largest absolute Gasteiger partial charge is 0.394 e. The molecular formula is C12H18N6O5. The molecule has 23 heavy (non-hydrogen) atoms. The van der Waals surface area contributed by atoms with Gasteiger partial charge in [-0.2, -0.15) is 4.98 Å². The third-order valence-corrected chi connectivity index (χ3v) is 3.68. The Morgan fingerprint density at radius 1 is 1.39 bits per heavy atom. The fraction of sp³-hybridized carbons (Fsp3) is 0.583. The van der Waals surface area contributed by atoms with E-state index < -0.39 is 36.7 Å². The number of nitrogens with one attached hydrogen (secondary N) is 2. The van der Waals surface area contributed by atoms with Crippen LogP contribution in [0.15, 0.2) is 4.79 Å². The Hall–Kier alpha value is -2.21. The molecule has 4 atom stereocenters. The number of aromatic amines is 1. The molecule has 126 valence electrons. The minimum Gasteiger partial charge on any atom is -0.394 e. The van der Waals surface area contributed by atoms with Crippen molar-refractivity contribution >= 4 is 23.1 Å². The first-order chi connectivity index (χ1) is 11.0. The zero-order chi connectivity index (χ0) is 16.7. The number of nitrogens with two attached hydrogens (primary N) is 1. The molecule has 0 saturated carbocycles. The van der Waals surface area contributed by atoms with Gasteiger partial charge in [-0.15, -0.1) is 0 Å². The molecule has 3 rings (SSSR count). The zero-order valence-corrected chi connectivity index (χ0v) is 12.3. The summed E-state index contributed by atoms with van der Waals surface area (Å²) in [5.41, 5.74) is 5.17. The summed E-state index contributed by atoms with van der Waals surface area (Å²) in [6.07, 6.45) is -4.64. The molecule has 2 aromatic heterocycles. The van der Waals surface area contributed by atoms with Gasteiger partial charge in [0.25, 0.3) is 5.56 Å². The number of aliphatic hydroxyl groups is 3. The van der Waals surface area contributed by atoms with Crippen LogP contribution in [0.5, 0.6) is 0 Å². The number of imidazole rings is 1. The molecule has 0 bridgehead atoms. The first kappa shape index (κ1) is 15.7. The highest BCUT2D eigenvalue weighted by Gasteiger charge is 2.45. The summed E-state index contributed by atoms with van der Waals surface area (Å²) in [5, 5.41) is 32.3. The first-order valence-corrected chi connectivity index (χ1v) is 7.12. The summed E-state index contributed by atoms with van der Waals surface area (Å²) < 4.78 is 6.85. The van der Waals surface area contributed by atoms with Gasteiger partial charge in [0.1, 0.15) is 18.3 Å². The summed E-state index contributed by atoms with van der Waals surface area (Å²) in [6.45, 7) is 1.85. The smallest absolute Gasteiger partial charge is 0.280 e. The molecule has 0 aromatic carbocycles. The van der Waals surface area contributed by atoms with Crippen LogP contribution in [0.25, 0.3) is 11.2 Å². The number of nitrogen functional groups attached to an aromatic ring is 1. The van der Waals surface area contributed by atoms with Crippen LogP contribution in [0, 0.1) is 0 Å². The molecule has 1 saturated heterocycles. The minimum absolute atomic E-state index is 0.0212. The number of aliphatic hydroxyl groups excluding tert-OH is 3. The monoisotopic (exact) mass is 326 g/mol. The lowest BCUT2D eigenvalue weighted by atomic mass is 10.1. The van der Waals surface area contributed by atoms with Gasteiger partial charge >= 0.3 is 0 Å². The number of nitrogens with zero attached hydrogens (tertiary/aromatic N) is 3. The summed E-state index contributed by atoms with van der Waals surface area (Å²) in [5.74, 6) is 0.124. The predicted octanol–water partition coefficient (Wildman–Crippen LogP) is -2.25. The van der Waals surface area contributed by atoms with Gasteiger partial charge in [-0.25, -0.2) is 4.98 Å². The fourth-order valence-corrected chi connectivity index (χ4v) is 2.62. The highest BCUT2D eigenvalue weighted by atomic mass is 16.6. The average Bonchev–Trinajstić information content (AvgIpc) is 2.99. The zero-order valence-electron chi connectivity index (χ0n) is 12.3. The number of hydrogen-bond donors (Lipinski definition) is 6. The van der Waals surface area contributed by atoms with Gasteiger partial charge < -0.3 is 31.1 Å². The quantitative estimate of drug-likeness (QED) is 0.363. The topological polar surface area (TPSA) is 172 Å². The molecular weight excluding hydrogens is 308 g/mol. The number of anilines is 2. The lowest BCUT2D eigenvalue weighted by Gasteiger charge is -2.19. The van der Waals surface area contributed by atoms with Gasteiger partial charge in [-0.05, 0) is 6.92 Å². The normalized spacial score (nSPS) is 27.7. The van der Waals surface area contributed by atoms with Crippen molar-refractivity contribution in [1.82, 2.24) is 19.5 Å². The molecule has 4 unspecified atom stereocenters. The molecule has 2 aromatic rings. The van der Waals surface area contributed by atoms with Crippen LogP contribution in [-0.2, 0) is 4.74 Å². The predicted molar refractivity (Wildman–Crippen MR) is 79.7 cm³/mol. The molecule has 1 aliphatic rings. The van der Waals surface area contributed by atoms with E-state index in [9.17, 15) is 20.1 Å². The average molecular weight is 326 g/mol. The highest BCUT2D eigenvalue weighted by molar-refractivity contribution is 5.74. The number of hydrogen-bond acceptors (Lipinski definition) is 9. The SMILES string of the molecule is CCNc1nc2c(=O)[nH]c(N)nc2n1C1OC(CO)C(O)C1O. The third kappa shape index (κ3) is 2.43. The van der Waals surface area contributed by atoms with Crippen molar-refractivity contribution in [2.75, 3.05) is 24.2 Å². The van der Waals surface area contributed by atoms with Gasteiger partial charge in [0.05, 0.1) is 6.61 Å². The summed E-state index contributed by atoms with van der Waals surface area (Å²) in [7, 11) is 0. The Kier molecular flexibility index (Phi) is 3.93. The van der Waals surface area contributed by atoms with E-state index in [2.05, 4.69) is 20.3 Å². The standard InChI is InChI=1S/C12H18N6O5/c1-2-14-12-15-5-8(16-11(13)17-9(5)22)18(12)10-7(21)6(20)4(3-19)23-10/h4,6-7,10,19-21H,2-3H2,1H3,(H,14,15)(H3,13,16,17,22). The Morgan fingerprint density at radius 3 is 2.74 bits per heavy atom. The molecule has 1 aliphatic heterocycles. The minimum atomic E-state index is -1.33. The van der Waals surface area contributed by atoms with Gasteiger partial charge in [0.2, 0.25) is 11.9 Å². The van der Waals surface area contributed by atoms with E-state index in [4.69, 9.17) is 10.5 Å². The maximum atomic E-state index is 12.0. The maximum Gasteiger partial charge on any atom is 0.280 e. The van der Waals surface area contributed by atoms with Crippen LogP contribution in [0.3, 0.4) is 0 Å². The van der Waals surface area contributed by atoms with Crippen molar-refractivity contribution in [1.29, 1.82) is 0 Å². The molecule has 7 N–H and O–H groups in total. The van der Waals surface area contributed by atoms with Crippen LogP contribution >= 0.6 is 0 Å². The van der Waals surface area contributed by atoms with Gasteiger partial charge in [-0.1, -0.05) is 0 Å². The van der Waals surface area contributed by atoms with E-state index >= 15 is 0 Å². The highest BCUT2D eigenvalue weighted by Crippen LogP contribution is 2.33.